The molecule has 1 aliphatic rings. The van der Waals surface area contributed by atoms with Crippen LogP contribution in [-0.4, -0.2) is 39.3 Å². The van der Waals surface area contributed by atoms with Crippen LogP contribution < -0.4 is 15.8 Å². The molecule has 0 aliphatic heterocycles. The Bertz CT molecular complexity index is 918. The Balaban J connectivity index is 0.000000476. The van der Waals surface area contributed by atoms with Crippen molar-refractivity contribution in [3.8, 4) is 5.75 Å². The molecule has 0 radical (unpaired) electrons. The van der Waals surface area contributed by atoms with E-state index >= 15 is 0 Å². The lowest BCUT2D eigenvalue weighted by atomic mass is 9.88. The van der Waals surface area contributed by atoms with Gasteiger partial charge in [0.15, 0.2) is 0 Å². The maximum Gasteiger partial charge on any atom is 0.470 e. The average Bonchev–Trinajstić information content (AvgIpc) is 2.81. The number of rotatable bonds is 3. The Morgan fingerprint density at radius 3 is 2.09 bits per heavy atom. The number of nitrogens with two attached hydrogens (primary N) is 1. The van der Waals surface area contributed by atoms with Gasteiger partial charge in [0.1, 0.15) is 24.6 Å². The zero-order valence-electron chi connectivity index (χ0n) is 18.7. The SMILES string of the molecule is C=O.CNc1ccc(F)c(C)c1.COc1ccc(C=O)c2c1CCCC2.NC(=O)C(F)(F)F. The molecular weight excluding hydrogens is 444 g/mol. The Morgan fingerprint density at radius 1 is 1.12 bits per heavy atom. The number of aryl methyl sites for hydroxylation is 1. The molecule has 33 heavy (non-hydrogen) atoms. The summed E-state index contributed by atoms with van der Waals surface area (Å²) >= 11 is 0. The molecule has 3 N–H and O–H groups in total. The molecule has 3 rings (SSSR count). The molecule has 0 heterocycles. The van der Waals surface area contributed by atoms with E-state index in [2.05, 4.69) is 11.1 Å². The first-order valence-electron chi connectivity index (χ1n) is 9.78. The molecule has 1 aliphatic carbocycles. The van der Waals surface area contributed by atoms with E-state index in [0.717, 1.165) is 36.1 Å². The highest BCUT2D eigenvalue weighted by molar-refractivity contribution is 5.79. The van der Waals surface area contributed by atoms with Crippen LogP contribution in [0.25, 0.3) is 0 Å². The van der Waals surface area contributed by atoms with Crippen LogP contribution in [0.2, 0.25) is 0 Å². The van der Waals surface area contributed by atoms with Crippen LogP contribution in [0.15, 0.2) is 30.3 Å². The highest BCUT2D eigenvalue weighted by Crippen LogP contribution is 2.31. The third-order valence-corrected chi connectivity index (χ3v) is 4.60. The standard InChI is InChI=1S/C12H14O2.C8H10FN.C2H2F3NO.CH2O/c1-14-12-7-6-9(8-13)10-4-2-3-5-11(10)12;1-6-5-7(10-2)3-4-8(6)9;3-2(4,5)1(6)7;1-2/h6-8H,2-5H2,1H3;3-5,10H,1-2H3;(H2,6,7);1H2. The summed E-state index contributed by atoms with van der Waals surface area (Å²) in [5.41, 5.74) is 8.69. The van der Waals surface area contributed by atoms with Gasteiger partial charge in [-0.2, -0.15) is 13.2 Å². The van der Waals surface area contributed by atoms with Gasteiger partial charge in [-0.3, -0.25) is 9.59 Å². The number of nitrogens with one attached hydrogen (secondary N) is 1. The second-order valence-corrected chi connectivity index (χ2v) is 6.72. The van der Waals surface area contributed by atoms with E-state index in [1.165, 1.54) is 30.0 Å². The van der Waals surface area contributed by atoms with Gasteiger partial charge in [0.05, 0.1) is 7.11 Å². The topological polar surface area (TPSA) is 98.5 Å². The summed E-state index contributed by atoms with van der Waals surface area (Å²) in [5, 5.41) is 2.93. The van der Waals surface area contributed by atoms with Crippen molar-refractivity contribution < 1.29 is 36.7 Å². The number of anilines is 1. The third kappa shape index (κ3) is 9.71. The van der Waals surface area contributed by atoms with Gasteiger partial charge in [-0.15, -0.1) is 0 Å². The van der Waals surface area contributed by atoms with Crippen LogP contribution in [0, 0.1) is 12.7 Å². The van der Waals surface area contributed by atoms with Crippen molar-refractivity contribution in [2.75, 3.05) is 19.5 Å². The molecule has 10 heteroatoms. The number of alkyl halides is 3. The van der Waals surface area contributed by atoms with Crippen molar-refractivity contribution in [3.05, 3.63) is 58.4 Å². The lowest BCUT2D eigenvalue weighted by molar-refractivity contribution is -0.169. The number of fused-ring (bicyclic) bond motifs is 1. The fourth-order valence-corrected chi connectivity index (χ4v) is 2.96. The number of primary amides is 1. The van der Waals surface area contributed by atoms with E-state index in [9.17, 15) is 22.4 Å². The van der Waals surface area contributed by atoms with E-state index in [0.29, 0.717) is 5.56 Å². The first-order valence-corrected chi connectivity index (χ1v) is 9.78. The average molecular weight is 472 g/mol. The summed E-state index contributed by atoms with van der Waals surface area (Å²) in [7, 11) is 3.50. The van der Waals surface area contributed by atoms with Crippen molar-refractivity contribution in [3.63, 3.8) is 0 Å². The molecule has 0 saturated heterocycles. The zero-order chi connectivity index (χ0) is 25.6. The van der Waals surface area contributed by atoms with E-state index in [-0.39, 0.29) is 5.82 Å². The van der Waals surface area contributed by atoms with Gasteiger partial charge in [0, 0.05) is 18.3 Å². The van der Waals surface area contributed by atoms with Crippen LogP contribution in [0.3, 0.4) is 0 Å². The highest BCUT2D eigenvalue weighted by Gasteiger charge is 2.35. The molecule has 0 spiro atoms. The lowest BCUT2D eigenvalue weighted by Crippen LogP contribution is -2.30. The minimum atomic E-state index is -4.86. The smallest absolute Gasteiger partial charge is 0.470 e. The van der Waals surface area contributed by atoms with Gasteiger partial charge in [-0.1, -0.05) is 0 Å². The fourth-order valence-electron chi connectivity index (χ4n) is 2.96. The summed E-state index contributed by atoms with van der Waals surface area (Å²) in [6.45, 7) is 3.75. The van der Waals surface area contributed by atoms with Crippen molar-refractivity contribution in [1.29, 1.82) is 0 Å². The van der Waals surface area contributed by atoms with E-state index < -0.39 is 12.1 Å². The van der Waals surface area contributed by atoms with E-state index in [1.54, 1.807) is 26.2 Å². The van der Waals surface area contributed by atoms with Gasteiger partial charge >= 0.3 is 12.1 Å². The van der Waals surface area contributed by atoms with Gasteiger partial charge in [-0.25, -0.2) is 4.39 Å². The van der Waals surface area contributed by atoms with Crippen LogP contribution >= 0.6 is 0 Å². The number of hydrogen-bond acceptors (Lipinski definition) is 5. The normalized spacial score (nSPS) is 11.6. The molecule has 2 aromatic carbocycles. The van der Waals surface area contributed by atoms with Crippen LogP contribution in [0.1, 0.15) is 39.9 Å². The van der Waals surface area contributed by atoms with Crippen LogP contribution in [0.4, 0.5) is 23.2 Å². The summed E-state index contributed by atoms with van der Waals surface area (Å²) < 4.78 is 50.0. The number of methoxy groups -OCH3 is 1. The number of benzene rings is 2. The van der Waals surface area contributed by atoms with Crippen molar-refractivity contribution in [1.82, 2.24) is 0 Å². The van der Waals surface area contributed by atoms with Crippen molar-refractivity contribution in [2.24, 2.45) is 5.73 Å². The molecule has 2 aromatic rings. The lowest BCUT2D eigenvalue weighted by Gasteiger charge is -2.19. The fraction of sp³-hybridized carbons (Fsp3) is 0.348. The number of aldehydes is 1. The van der Waals surface area contributed by atoms with Gasteiger partial charge in [0.2, 0.25) is 0 Å². The molecule has 6 nitrogen and oxygen atoms in total. The molecule has 0 bridgehead atoms. The predicted molar refractivity (Wildman–Crippen MR) is 118 cm³/mol. The van der Waals surface area contributed by atoms with Crippen LogP contribution in [-0.2, 0) is 22.4 Å². The van der Waals surface area contributed by atoms with E-state index in [4.69, 9.17) is 14.3 Å². The Labute approximate surface area is 190 Å². The summed E-state index contributed by atoms with van der Waals surface area (Å²) in [6, 6.07) is 8.70. The maximum atomic E-state index is 12.6. The Hall–Kier alpha value is -3.43. The number of carbonyl (C=O) groups excluding carboxylic acids is 3. The minimum absolute atomic E-state index is 0.154. The largest absolute Gasteiger partial charge is 0.496 e. The zero-order valence-corrected chi connectivity index (χ0v) is 18.7. The first-order chi connectivity index (χ1) is 15.5. The summed E-state index contributed by atoms with van der Waals surface area (Å²) in [6.07, 6.45) is 0.525. The highest BCUT2D eigenvalue weighted by atomic mass is 19.4. The number of amides is 1. The molecule has 1 amide bonds. The van der Waals surface area contributed by atoms with Gasteiger partial charge in [-0.05, 0) is 79.6 Å². The summed E-state index contributed by atoms with van der Waals surface area (Å²) in [4.78, 5) is 28.0. The number of hydrogen-bond donors (Lipinski definition) is 2. The Kier molecular flexibility index (Phi) is 13.1. The minimum Gasteiger partial charge on any atom is -0.496 e. The van der Waals surface area contributed by atoms with E-state index in [1.807, 2.05) is 26.0 Å². The summed E-state index contributed by atoms with van der Waals surface area (Å²) in [5.74, 6) is -1.48. The molecule has 0 fully saturated rings. The van der Waals surface area contributed by atoms with Crippen LogP contribution in [0.5, 0.6) is 5.75 Å². The quantitative estimate of drug-likeness (QED) is 0.509. The Morgan fingerprint density at radius 2 is 1.67 bits per heavy atom. The predicted octanol–water partition coefficient (Wildman–Crippen LogP) is 4.41. The van der Waals surface area contributed by atoms with Crippen molar-refractivity contribution in [2.45, 2.75) is 38.8 Å². The molecule has 0 atom stereocenters. The molecule has 0 aromatic heterocycles. The molecule has 0 unspecified atom stereocenters. The second kappa shape index (κ2) is 14.6. The van der Waals surface area contributed by atoms with Crippen molar-refractivity contribution >= 4 is 24.7 Å². The second-order valence-electron chi connectivity index (χ2n) is 6.72. The molecule has 0 saturated carbocycles. The molecule has 182 valence electrons. The maximum absolute atomic E-state index is 12.6. The number of carbonyl (C=O) groups is 3. The monoisotopic (exact) mass is 472 g/mol. The number of halogens is 4. The molecular formula is C23H28F4N2O4. The first kappa shape index (κ1) is 29.6. The van der Waals surface area contributed by atoms with Gasteiger partial charge < -0.3 is 20.6 Å². The number of ether oxygens (including phenoxy) is 1. The third-order valence-electron chi connectivity index (χ3n) is 4.60. The van der Waals surface area contributed by atoms with Gasteiger partial charge in [0.25, 0.3) is 0 Å².